The minimum atomic E-state index is -3.77. The van der Waals surface area contributed by atoms with Crippen molar-refractivity contribution in [1.82, 2.24) is 4.72 Å². The van der Waals surface area contributed by atoms with Gasteiger partial charge in [0.25, 0.3) is 0 Å². The maximum absolute atomic E-state index is 13.2. The van der Waals surface area contributed by atoms with Crippen LogP contribution >= 0.6 is 11.6 Å². The molecule has 0 aromatic heterocycles. The monoisotopic (exact) mass is 527 g/mol. The zero-order valence-corrected chi connectivity index (χ0v) is 22.2. The summed E-state index contributed by atoms with van der Waals surface area (Å²) in [6.45, 7) is 5.20. The van der Waals surface area contributed by atoms with E-state index in [9.17, 15) is 13.2 Å². The first-order valence-electron chi connectivity index (χ1n) is 11.9. The molecule has 36 heavy (non-hydrogen) atoms. The summed E-state index contributed by atoms with van der Waals surface area (Å²) in [5.74, 6) is 0.125. The van der Waals surface area contributed by atoms with Crippen molar-refractivity contribution in [3.05, 3.63) is 82.9 Å². The number of carbonyl (C=O) groups excluding carboxylic acids is 1. The smallest absolute Gasteiger partial charge is 0.344 e. The number of esters is 1. The van der Waals surface area contributed by atoms with E-state index in [1.54, 1.807) is 57.2 Å². The molecule has 0 spiro atoms. The molecule has 1 N–H and O–H groups in total. The Kier molecular flexibility index (Phi) is 7.73. The van der Waals surface area contributed by atoms with Crippen LogP contribution in [0.1, 0.15) is 50.8 Å². The number of rotatable bonds is 7. The molecule has 0 fully saturated rings. The zero-order valence-electron chi connectivity index (χ0n) is 20.6. The lowest BCUT2D eigenvalue weighted by atomic mass is 9.87. The number of carbonyl (C=O) groups is 1. The molecule has 4 rings (SSSR count). The van der Waals surface area contributed by atoms with Crippen LogP contribution in [0.5, 0.6) is 5.75 Å². The summed E-state index contributed by atoms with van der Waals surface area (Å²) in [6, 6.07) is 19.2. The predicted molar refractivity (Wildman–Crippen MR) is 141 cm³/mol. The van der Waals surface area contributed by atoms with Gasteiger partial charge in [-0.2, -0.15) is 0 Å². The molecule has 0 aliphatic heterocycles. The van der Waals surface area contributed by atoms with Crippen LogP contribution in [0.25, 0.3) is 11.1 Å². The molecule has 3 aromatic carbocycles. The summed E-state index contributed by atoms with van der Waals surface area (Å²) in [5.41, 5.74) is 2.87. The van der Waals surface area contributed by atoms with E-state index in [2.05, 4.69) is 4.72 Å². The highest BCUT2D eigenvalue weighted by molar-refractivity contribution is 7.89. The topological polar surface area (TPSA) is 81.7 Å². The summed E-state index contributed by atoms with van der Waals surface area (Å²) >= 11 is 6.28. The molecule has 8 heteroatoms. The van der Waals surface area contributed by atoms with E-state index < -0.39 is 27.6 Å². The van der Waals surface area contributed by atoms with Gasteiger partial charge in [0, 0.05) is 16.6 Å². The number of benzene rings is 3. The number of fused-ring (bicyclic) bond motifs is 1. The number of halogens is 1. The van der Waals surface area contributed by atoms with Gasteiger partial charge in [-0.3, -0.25) is 0 Å². The van der Waals surface area contributed by atoms with Crippen LogP contribution in [-0.4, -0.2) is 26.6 Å². The number of sulfonamides is 1. The van der Waals surface area contributed by atoms with Gasteiger partial charge in [-0.25, -0.2) is 17.9 Å². The van der Waals surface area contributed by atoms with E-state index in [4.69, 9.17) is 21.1 Å². The first-order valence-corrected chi connectivity index (χ1v) is 13.7. The second-order valence-corrected chi connectivity index (χ2v) is 11.9. The fraction of sp³-hybridized carbons (Fsp3) is 0.321. The minimum Gasteiger partial charge on any atom is -0.482 e. The molecule has 0 saturated carbocycles. The Hall–Kier alpha value is -2.87. The lowest BCUT2D eigenvalue weighted by Crippen LogP contribution is -2.31. The molecule has 0 radical (unpaired) electrons. The van der Waals surface area contributed by atoms with Crippen molar-refractivity contribution in [3.8, 4) is 16.9 Å². The Labute approximate surface area is 217 Å². The molecule has 1 atom stereocenters. The average Bonchev–Trinajstić information content (AvgIpc) is 2.82. The minimum absolute atomic E-state index is 0.183. The summed E-state index contributed by atoms with van der Waals surface area (Å²) in [4.78, 5) is 12.3. The maximum atomic E-state index is 13.2. The second-order valence-electron chi connectivity index (χ2n) is 9.77. The number of hydrogen-bond acceptors (Lipinski definition) is 5. The van der Waals surface area contributed by atoms with Crippen molar-refractivity contribution in [2.45, 2.75) is 56.6 Å². The standard InChI is InChI=1S/C28H30ClNO5S/c1-28(2,3)35-27(31)18-34-26-13-7-9-22-23(26)10-6-12-25(22)30-36(32,33)20-16-14-19(15-17-20)21-8-4-5-11-24(21)29/h4-5,7-9,11,13-17,25,30H,6,10,12,18H2,1-3H3. The fourth-order valence-corrected chi connectivity index (χ4v) is 5.84. The van der Waals surface area contributed by atoms with E-state index in [0.717, 1.165) is 35.1 Å². The van der Waals surface area contributed by atoms with Crippen molar-refractivity contribution < 1.29 is 22.7 Å². The SMILES string of the molecule is CC(C)(C)OC(=O)COc1cccc2c1CCCC2NS(=O)(=O)c1ccc(-c2ccccc2Cl)cc1. The maximum Gasteiger partial charge on any atom is 0.344 e. The Morgan fingerprint density at radius 3 is 2.44 bits per heavy atom. The van der Waals surface area contributed by atoms with Crippen molar-refractivity contribution in [1.29, 1.82) is 0 Å². The van der Waals surface area contributed by atoms with Gasteiger partial charge in [-0.05, 0) is 81.0 Å². The van der Waals surface area contributed by atoms with Gasteiger partial charge < -0.3 is 9.47 Å². The molecule has 6 nitrogen and oxygen atoms in total. The van der Waals surface area contributed by atoms with Crippen molar-refractivity contribution in [2.24, 2.45) is 0 Å². The first-order chi connectivity index (χ1) is 17.0. The Morgan fingerprint density at radius 1 is 1.03 bits per heavy atom. The van der Waals surface area contributed by atoms with Gasteiger partial charge in [0.2, 0.25) is 10.0 Å². The van der Waals surface area contributed by atoms with E-state index in [-0.39, 0.29) is 11.5 Å². The Balaban J connectivity index is 1.50. The molecule has 1 aliphatic rings. The normalized spacial score (nSPS) is 15.7. The Bertz CT molecular complexity index is 1350. The molecule has 3 aromatic rings. The van der Waals surface area contributed by atoms with Crippen LogP contribution in [0.4, 0.5) is 0 Å². The molecule has 1 unspecified atom stereocenters. The van der Waals surface area contributed by atoms with Crippen LogP contribution < -0.4 is 9.46 Å². The van der Waals surface area contributed by atoms with Crippen LogP contribution in [0.3, 0.4) is 0 Å². The lowest BCUT2D eigenvalue weighted by Gasteiger charge is -2.28. The number of nitrogens with one attached hydrogen (secondary N) is 1. The number of ether oxygens (including phenoxy) is 2. The van der Waals surface area contributed by atoms with Gasteiger partial charge in [0.15, 0.2) is 6.61 Å². The largest absolute Gasteiger partial charge is 0.482 e. The first kappa shape index (κ1) is 26.2. The molecular weight excluding hydrogens is 498 g/mol. The van der Waals surface area contributed by atoms with E-state index >= 15 is 0 Å². The highest BCUT2D eigenvalue weighted by atomic mass is 35.5. The molecular formula is C28H30ClNO5S. The summed E-state index contributed by atoms with van der Waals surface area (Å²) in [6.07, 6.45) is 2.20. The average molecular weight is 528 g/mol. The third-order valence-corrected chi connectivity index (χ3v) is 7.69. The summed E-state index contributed by atoms with van der Waals surface area (Å²) in [7, 11) is -3.77. The van der Waals surface area contributed by atoms with Gasteiger partial charge in [-0.15, -0.1) is 0 Å². The van der Waals surface area contributed by atoms with Gasteiger partial charge in [0.05, 0.1) is 4.90 Å². The highest BCUT2D eigenvalue weighted by Gasteiger charge is 2.28. The summed E-state index contributed by atoms with van der Waals surface area (Å²) in [5, 5.41) is 0.606. The van der Waals surface area contributed by atoms with Gasteiger partial charge >= 0.3 is 5.97 Å². The predicted octanol–water partition coefficient (Wildman–Crippen LogP) is 6.08. The van der Waals surface area contributed by atoms with Gasteiger partial charge in [0.1, 0.15) is 11.4 Å². The molecule has 0 saturated heterocycles. The third-order valence-electron chi connectivity index (χ3n) is 5.88. The zero-order chi connectivity index (χ0) is 25.9. The van der Waals surface area contributed by atoms with Crippen LogP contribution in [0.15, 0.2) is 71.6 Å². The number of hydrogen-bond donors (Lipinski definition) is 1. The molecule has 0 heterocycles. The molecule has 0 amide bonds. The van der Waals surface area contributed by atoms with Crippen LogP contribution in [-0.2, 0) is 26.0 Å². The van der Waals surface area contributed by atoms with Crippen molar-refractivity contribution >= 4 is 27.6 Å². The highest BCUT2D eigenvalue weighted by Crippen LogP contribution is 2.36. The molecule has 0 bridgehead atoms. The van der Waals surface area contributed by atoms with E-state index in [1.165, 1.54) is 0 Å². The third kappa shape index (κ3) is 6.27. The summed E-state index contributed by atoms with van der Waals surface area (Å²) < 4.78 is 40.4. The lowest BCUT2D eigenvalue weighted by molar-refractivity contribution is -0.157. The molecule has 1 aliphatic carbocycles. The van der Waals surface area contributed by atoms with Crippen molar-refractivity contribution in [3.63, 3.8) is 0 Å². The second kappa shape index (κ2) is 10.6. The van der Waals surface area contributed by atoms with E-state index in [1.807, 2.05) is 30.3 Å². The fourth-order valence-electron chi connectivity index (χ4n) is 4.34. The Morgan fingerprint density at radius 2 is 1.75 bits per heavy atom. The van der Waals surface area contributed by atoms with Crippen LogP contribution in [0.2, 0.25) is 5.02 Å². The van der Waals surface area contributed by atoms with Crippen molar-refractivity contribution in [2.75, 3.05) is 6.61 Å². The van der Waals surface area contributed by atoms with Gasteiger partial charge in [-0.1, -0.05) is 54.1 Å². The quantitative estimate of drug-likeness (QED) is 0.376. The van der Waals surface area contributed by atoms with E-state index in [0.29, 0.717) is 17.2 Å². The van der Waals surface area contributed by atoms with Crippen LogP contribution in [0, 0.1) is 0 Å². The molecule has 190 valence electrons.